The number of furan rings is 1. The highest BCUT2D eigenvalue weighted by atomic mass is 35.5. The lowest BCUT2D eigenvalue weighted by molar-refractivity contribution is -0.115. The van der Waals surface area contributed by atoms with E-state index in [2.05, 4.69) is 10.6 Å². The van der Waals surface area contributed by atoms with Crippen LogP contribution in [0.1, 0.15) is 21.9 Å². The van der Waals surface area contributed by atoms with Gasteiger partial charge < -0.3 is 20.8 Å². The fourth-order valence-electron chi connectivity index (χ4n) is 2.14. The number of nitrogens with one attached hydrogen (secondary N) is 2. The Morgan fingerprint density at radius 1 is 1.43 bits per heavy atom. The van der Waals surface area contributed by atoms with E-state index in [-0.39, 0.29) is 24.6 Å². The molecule has 2 amide bonds. The molecule has 1 aliphatic heterocycles. The first-order valence-electron chi connectivity index (χ1n) is 6.29. The van der Waals surface area contributed by atoms with Gasteiger partial charge in [-0.1, -0.05) is 11.6 Å². The summed E-state index contributed by atoms with van der Waals surface area (Å²) < 4.78 is 5.27. The average molecular weight is 306 g/mol. The molecule has 1 aliphatic rings. The number of rotatable bonds is 3. The fourth-order valence-corrected chi connectivity index (χ4v) is 2.35. The molecule has 0 spiro atoms. The van der Waals surface area contributed by atoms with Gasteiger partial charge in [0.05, 0.1) is 23.7 Å². The summed E-state index contributed by atoms with van der Waals surface area (Å²) in [6.45, 7) is 0.223. The number of fused-ring (bicyclic) bond motifs is 1. The zero-order chi connectivity index (χ0) is 15.0. The van der Waals surface area contributed by atoms with Crippen LogP contribution in [0, 0.1) is 0 Å². The zero-order valence-electron chi connectivity index (χ0n) is 10.9. The molecule has 1 aromatic carbocycles. The standard InChI is InChI=1S/C14H12ClN3O3/c15-9-5-10-7(4-13(19)17-10)3-11(9)18-14(20)12-2-1-8(6-16)21-12/h1-3,5H,4,6,16H2,(H,17,19)(H,18,20). The van der Waals surface area contributed by atoms with Gasteiger partial charge in [-0.25, -0.2) is 0 Å². The highest BCUT2D eigenvalue weighted by molar-refractivity contribution is 6.34. The van der Waals surface area contributed by atoms with Crippen molar-refractivity contribution in [2.75, 3.05) is 10.6 Å². The van der Waals surface area contributed by atoms with Gasteiger partial charge in [0.25, 0.3) is 5.91 Å². The van der Waals surface area contributed by atoms with Gasteiger partial charge in [-0.05, 0) is 29.8 Å². The van der Waals surface area contributed by atoms with Crippen molar-refractivity contribution in [1.29, 1.82) is 0 Å². The topological polar surface area (TPSA) is 97.4 Å². The molecule has 1 aromatic heterocycles. The van der Waals surface area contributed by atoms with Crippen LogP contribution in [0.2, 0.25) is 5.02 Å². The number of carbonyl (C=O) groups excluding carboxylic acids is 2. The number of carbonyl (C=O) groups is 2. The molecule has 0 aliphatic carbocycles. The normalized spacial score (nSPS) is 13.0. The molecule has 0 radical (unpaired) electrons. The third kappa shape index (κ3) is 2.63. The molecule has 2 heterocycles. The molecule has 108 valence electrons. The maximum absolute atomic E-state index is 12.1. The van der Waals surface area contributed by atoms with Crippen molar-refractivity contribution in [3.8, 4) is 0 Å². The minimum atomic E-state index is -0.422. The summed E-state index contributed by atoms with van der Waals surface area (Å²) in [5.74, 6) is 0.160. The summed E-state index contributed by atoms with van der Waals surface area (Å²) in [5.41, 5.74) is 7.33. The number of benzene rings is 1. The third-order valence-corrected chi connectivity index (χ3v) is 3.47. The maximum atomic E-state index is 12.1. The summed E-state index contributed by atoms with van der Waals surface area (Å²) in [6.07, 6.45) is 0.271. The second-order valence-electron chi connectivity index (χ2n) is 4.64. The van der Waals surface area contributed by atoms with Crippen molar-refractivity contribution >= 4 is 34.8 Å². The van der Waals surface area contributed by atoms with Gasteiger partial charge >= 0.3 is 0 Å². The van der Waals surface area contributed by atoms with Crippen LogP contribution < -0.4 is 16.4 Å². The summed E-state index contributed by atoms with van der Waals surface area (Å²) in [7, 11) is 0. The zero-order valence-corrected chi connectivity index (χ0v) is 11.7. The van der Waals surface area contributed by atoms with Crippen LogP contribution in [0.4, 0.5) is 11.4 Å². The van der Waals surface area contributed by atoms with Crippen LogP contribution in [-0.4, -0.2) is 11.8 Å². The first kappa shape index (κ1) is 13.7. The van der Waals surface area contributed by atoms with Gasteiger partial charge in [0.2, 0.25) is 5.91 Å². The van der Waals surface area contributed by atoms with Crippen molar-refractivity contribution in [2.24, 2.45) is 5.73 Å². The van der Waals surface area contributed by atoms with E-state index < -0.39 is 5.91 Å². The quantitative estimate of drug-likeness (QED) is 0.809. The molecule has 0 saturated heterocycles. The van der Waals surface area contributed by atoms with Crippen molar-refractivity contribution in [2.45, 2.75) is 13.0 Å². The van der Waals surface area contributed by atoms with Crippen molar-refractivity contribution in [3.05, 3.63) is 46.4 Å². The Kier molecular flexibility index (Phi) is 3.40. The van der Waals surface area contributed by atoms with E-state index in [0.29, 0.717) is 22.2 Å². The van der Waals surface area contributed by atoms with Gasteiger partial charge in [0, 0.05) is 5.69 Å². The number of anilines is 2. The van der Waals surface area contributed by atoms with Crippen LogP contribution in [0.5, 0.6) is 0 Å². The highest BCUT2D eigenvalue weighted by Crippen LogP contribution is 2.33. The molecule has 0 atom stereocenters. The average Bonchev–Trinajstić information content (AvgIpc) is 3.04. The van der Waals surface area contributed by atoms with Crippen LogP contribution in [0.25, 0.3) is 0 Å². The SMILES string of the molecule is NCc1ccc(C(=O)Nc2cc3c(cc2Cl)NC(=O)C3)o1. The molecule has 0 unspecified atom stereocenters. The molecular weight excluding hydrogens is 294 g/mol. The summed E-state index contributed by atoms with van der Waals surface area (Å²) in [6, 6.07) is 6.48. The van der Waals surface area contributed by atoms with Crippen molar-refractivity contribution < 1.29 is 14.0 Å². The largest absolute Gasteiger partial charge is 0.455 e. The Morgan fingerprint density at radius 3 is 2.95 bits per heavy atom. The van der Waals surface area contributed by atoms with E-state index in [1.54, 1.807) is 24.3 Å². The predicted molar refractivity (Wildman–Crippen MR) is 78.3 cm³/mol. The first-order valence-corrected chi connectivity index (χ1v) is 6.67. The summed E-state index contributed by atoms with van der Waals surface area (Å²) in [4.78, 5) is 23.4. The number of hydrogen-bond acceptors (Lipinski definition) is 4. The van der Waals surface area contributed by atoms with E-state index in [1.807, 2.05) is 0 Å². The maximum Gasteiger partial charge on any atom is 0.291 e. The Balaban J connectivity index is 1.83. The molecule has 7 heteroatoms. The molecule has 0 bridgehead atoms. The van der Waals surface area contributed by atoms with E-state index in [0.717, 1.165) is 5.56 Å². The van der Waals surface area contributed by atoms with Crippen molar-refractivity contribution in [3.63, 3.8) is 0 Å². The number of nitrogens with two attached hydrogens (primary N) is 1. The molecule has 3 rings (SSSR count). The molecule has 0 fully saturated rings. The molecule has 2 aromatic rings. The Bertz CT molecular complexity index is 739. The van der Waals surface area contributed by atoms with Crippen LogP contribution >= 0.6 is 11.6 Å². The van der Waals surface area contributed by atoms with Crippen LogP contribution in [0.15, 0.2) is 28.7 Å². The Labute approximate surface area is 125 Å². The molecule has 4 N–H and O–H groups in total. The van der Waals surface area contributed by atoms with Gasteiger partial charge in [-0.15, -0.1) is 0 Å². The van der Waals surface area contributed by atoms with E-state index in [1.165, 1.54) is 0 Å². The lowest BCUT2D eigenvalue weighted by atomic mass is 10.1. The number of halogens is 1. The van der Waals surface area contributed by atoms with Gasteiger partial charge in [0.1, 0.15) is 5.76 Å². The summed E-state index contributed by atoms with van der Waals surface area (Å²) in [5, 5.41) is 5.70. The number of hydrogen-bond donors (Lipinski definition) is 3. The van der Waals surface area contributed by atoms with E-state index in [9.17, 15) is 9.59 Å². The second kappa shape index (κ2) is 5.23. The monoisotopic (exact) mass is 305 g/mol. The van der Waals surface area contributed by atoms with E-state index >= 15 is 0 Å². The van der Waals surface area contributed by atoms with Gasteiger partial charge in [-0.2, -0.15) is 0 Å². The minimum Gasteiger partial charge on any atom is -0.455 e. The fraction of sp³-hybridized carbons (Fsp3) is 0.143. The highest BCUT2D eigenvalue weighted by Gasteiger charge is 2.21. The number of amides is 2. The summed E-state index contributed by atoms with van der Waals surface area (Å²) >= 11 is 6.10. The van der Waals surface area contributed by atoms with E-state index in [4.69, 9.17) is 21.8 Å². The van der Waals surface area contributed by atoms with Crippen LogP contribution in [-0.2, 0) is 17.8 Å². The lowest BCUT2D eigenvalue weighted by Crippen LogP contribution is -2.11. The van der Waals surface area contributed by atoms with Crippen LogP contribution in [0.3, 0.4) is 0 Å². The first-order chi connectivity index (χ1) is 10.1. The minimum absolute atomic E-state index is 0.0943. The second-order valence-corrected chi connectivity index (χ2v) is 5.05. The Morgan fingerprint density at radius 2 is 2.24 bits per heavy atom. The lowest BCUT2D eigenvalue weighted by Gasteiger charge is -2.08. The molecule has 21 heavy (non-hydrogen) atoms. The van der Waals surface area contributed by atoms with Gasteiger partial charge in [-0.3, -0.25) is 9.59 Å². The van der Waals surface area contributed by atoms with Crippen molar-refractivity contribution in [1.82, 2.24) is 0 Å². The third-order valence-electron chi connectivity index (χ3n) is 3.15. The smallest absolute Gasteiger partial charge is 0.291 e. The molecule has 6 nitrogen and oxygen atoms in total. The molecule has 0 saturated carbocycles. The Hall–Kier alpha value is -2.31. The van der Waals surface area contributed by atoms with Gasteiger partial charge in [0.15, 0.2) is 5.76 Å². The molecular formula is C14H12ClN3O3. The predicted octanol–water partition coefficient (Wildman–Crippen LogP) is 2.14.